The Bertz CT molecular complexity index is 336. The number of pyridine rings is 1. The minimum Gasteiger partial charge on any atom is -0.313 e. The standard InChI is InChI=1S/C15H27N3/c1-13(2)18(4)8-6-5-7-16-11-15-9-14(3)10-17-12-15/h9-10,12-13,16H,5-8,11H2,1-4H3. The average Bonchev–Trinajstić information content (AvgIpc) is 2.33. The molecule has 0 aliphatic carbocycles. The molecule has 1 aromatic rings. The Balaban J connectivity index is 2.05. The molecule has 3 heteroatoms. The van der Waals surface area contributed by atoms with Gasteiger partial charge in [0, 0.05) is 25.0 Å². The molecule has 3 nitrogen and oxygen atoms in total. The van der Waals surface area contributed by atoms with Crippen molar-refractivity contribution in [1.29, 1.82) is 0 Å². The quantitative estimate of drug-likeness (QED) is 0.718. The Morgan fingerprint density at radius 2 is 2.06 bits per heavy atom. The lowest BCUT2D eigenvalue weighted by molar-refractivity contribution is 0.268. The second-order valence-corrected chi connectivity index (χ2v) is 5.33. The summed E-state index contributed by atoms with van der Waals surface area (Å²) in [6, 6.07) is 2.84. The van der Waals surface area contributed by atoms with E-state index >= 15 is 0 Å². The smallest absolute Gasteiger partial charge is 0.0313 e. The van der Waals surface area contributed by atoms with Gasteiger partial charge >= 0.3 is 0 Å². The van der Waals surface area contributed by atoms with Crippen LogP contribution < -0.4 is 5.32 Å². The normalized spacial score (nSPS) is 11.4. The lowest BCUT2D eigenvalue weighted by Crippen LogP contribution is -2.27. The fourth-order valence-corrected chi connectivity index (χ4v) is 1.82. The van der Waals surface area contributed by atoms with Gasteiger partial charge in [0.05, 0.1) is 0 Å². The molecule has 18 heavy (non-hydrogen) atoms. The third-order valence-corrected chi connectivity index (χ3v) is 3.26. The van der Waals surface area contributed by atoms with Crippen LogP contribution in [0.25, 0.3) is 0 Å². The molecule has 1 rings (SSSR count). The molecular formula is C15H27N3. The molecule has 0 aromatic carbocycles. The van der Waals surface area contributed by atoms with Gasteiger partial charge < -0.3 is 10.2 Å². The van der Waals surface area contributed by atoms with Crippen LogP contribution in [0, 0.1) is 6.92 Å². The first-order chi connectivity index (χ1) is 8.59. The molecule has 1 aromatic heterocycles. The molecule has 0 saturated carbocycles. The van der Waals surface area contributed by atoms with E-state index in [4.69, 9.17) is 0 Å². The van der Waals surface area contributed by atoms with Gasteiger partial charge in [-0.05, 0) is 64.9 Å². The fourth-order valence-electron chi connectivity index (χ4n) is 1.82. The SMILES string of the molecule is Cc1cncc(CNCCCCN(C)C(C)C)c1. The summed E-state index contributed by atoms with van der Waals surface area (Å²) in [7, 11) is 2.19. The summed E-state index contributed by atoms with van der Waals surface area (Å²) in [6.45, 7) is 9.75. The van der Waals surface area contributed by atoms with Crippen LogP contribution >= 0.6 is 0 Å². The summed E-state index contributed by atoms with van der Waals surface area (Å²) >= 11 is 0. The number of hydrogen-bond donors (Lipinski definition) is 1. The molecule has 0 aliphatic heterocycles. The van der Waals surface area contributed by atoms with Crippen molar-refractivity contribution < 1.29 is 0 Å². The molecule has 1 N–H and O–H groups in total. The third kappa shape index (κ3) is 6.12. The highest BCUT2D eigenvalue weighted by molar-refractivity contribution is 5.16. The number of aromatic nitrogens is 1. The first-order valence-corrected chi connectivity index (χ1v) is 6.91. The van der Waals surface area contributed by atoms with Crippen LogP contribution in [-0.4, -0.2) is 36.1 Å². The van der Waals surface area contributed by atoms with Crippen LogP contribution in [0.5, 0.6) is 0 Å². The first-order valence-electron chi connectivity index (χ1n) is 6.91. The zero-order valence-electron chi connectivity index (χ0n) is 12.2. The number of nitrogens with zero attached hydrogens (tertiary/aromatic N) is 2. The minimum absolute atomic E-state index is 0.649. The summed E-state index contributed by atoms with van der Waals surface area (Å²) in [6.07, 6.45) is 6.32. The summed E-state index contributed by atoms with van der Waals surface area (Å²) in [5.74, 6) is 0. The number of hydrogen-bond acceptors (Lipinski definition) is 3. The highest BCUT2D eigenvalue weighted by Gasteiger charge is 2.01. The predicted molar refractivity (Wildman–Crippen MR) is 77.7 cm³/mol. The summed E-state index contributed by atoms with van der Waals surface area (Å²) in [4.78, 5) is 6.59. The molecule has 0 radical (unpaired) electrons. The monoisotopic (exact) mass is 249 g/mol. The maximum atomic E-state index is 4.20. The van der Waals surface area contributed by atoms with Gasteiger partial charge in [-0.25, -0.2) is 0 Å². The molecule has 0 bridgehead atoms. The van der Waals surface area contributed by atoms with Crippen LogP contribution in [0.3, 0.4) is 0 Å². The van der Waals surface area contributed by atoms with Crippen LogP contribution in [0.4, 0.5) is 0 Å². The first kappa shape index (κ1) is 15.1. The van der Waals surface area contributed by atoms with Crippen LogP contribution in [0.2, 0.25) is 0 Å². The number of rotatable bonds is 8. The number of unbranched alkanes of at least 4 members (excludes halogenated alkanes) is 1. The van der Waals surface area contributed by atoms with Gasteiger partial charge in [0.15, 0.2) is 0 Å². The van der Waals surface area contributed by atoms with Gasteiger partial charge in [-0.15, -0.1) is 0 Å². The molecule has 1 heterocycles. The predicted octanol–water partition coefficient (Wildman–Crippen LogP) is 2.60. The Kier molecular flexibility index (Phi) is 6.91. The van der Waals surface area contributed by atoms with Gasteiger partial charge in [-0.3, -0.25) is 4.98 Å². The number of aryl methyl sites for hydroxylation is 1. The topological polar surface area (TPSA) is 28.2 Å². The Hall–Kier alpha value is -0.930. The molecular weight excluding hydrogens is 222 g/mol. The van der Waals surface area contributed by atoms with Crippen molar-refractivity contribution >= 4 is 0 Å². The van der Waals surface area contributed by atoms with Gasteiger partial charge in [-0.1, -0.05) is 6.07 Å². The fraction of sp³-hybridized carbons (Fsp3) is 0.667. The lowest BCUT2D eigenvalue weighted by atomic mass is 10.2. The highest BCUT2D eigenvalue weighted by atomic mass is 15.1. The van der Waals surface area contributed by atoms with Gasteiger partial charge in [-0.2, -0.15) is 0 Å². The lowest BCUT2D eigenvalue weighted by Gasteiger charge is -2.20. The van der Waals surface area contributed by atoms with Gasteiger partial charge in [0.25, 0.3) is 0 Å². The summed E-state index contributed by atoms with van der Waals surface area (Å²) in [5, 5.41) is 3.47. The van der Waals surface area contributed by atoms with Crippen molar-refractivity contribution in [2.45, 2.75) is 46.2 Å². The van der Waals surface area contributed by atoms with Crippen molar-refractivity contribution in [2.24, 2.45) is 0 Å². The van der Waals surface area contributed by atoms with E-state index in [1.807, 2.05) is 12.4 Å². The summed E-state index contributed by atoms with van der Waals surface area (Å²) in [5.41, 5.74) is 2.50. The maximum absolute atomic E-state index is 4.20. The van der Waals surface area contributed by atoms with Gasteiger partial charge in [0.2, 0.25) is 0 Å². The van der Waals surface area contributed by atoms with E-state index in [0.717, 1.165) is 13.1 Å². The van der Waals surface area contributed by atoms with Crippen molar-refractivity contribution in [3.8, 4) is 0 Å². The molecule has 0 spiro atoms. The van der Waals surface area contributed by atoms with E-state index < -0.39 is 0 Å². The van der Waals surface area contributed by atoms with E-state index in [1.54, 1.807) is 0 Å². The van der Waals surface area contributed by atoms with Crippen molar-refractivity contribution in [1.82, 2.24) is 15.2 Å². The molecule has 0 saturated heterocycles. The number of nitrogens with one attached hydrogen (secondary N) is 1. The van der Waals surface area contributed by atoms with Crippen LogP contribution in [-0.2, 0) is 6.54 Å². The molecule has 0 fully saturated rings. The molecule has 0 aliphatic rings. The average molecular weight is 249 g/mol. The summed E-state index contributed by atoms with van der Waals surface area (Å²) < 4.78 is 0. The largest absolute Gasteiger partial charge is 0.313 e. The molecule has 0 atom stereocenters. The van der Waals surface area contributed by atoms with Gasteiger partial charge in [0.1, 0.15) is 0 Å². The maximum Gasteiger partial charge on any atom is 0.0313 e. The second-order valence-electron chi connectivity index (χ2n) is 5.33. The van der Waals surface area contributed by atoms with E-state index in [-0.39, 0.29) is 0 Å². The van der Waals surface area contributed by atoms with E-state index in [0.29, 0.717) is 6.04 Å². The molecule has 0 amide bonds. The Morgan fingerprint density at radius 3 is 2.72 bits per heavy atom. The Morgan fingerprint density at radius 1 is 1.28 bits per heavy atom. The van der Waals surface area contributed by atoms with Crippen molar-refractivity contribution in [2.75, 3.05) is 20.1 Å². The van der Waals surface area contributed by atoms with E-state index in [1.165, 1.54) is 30.5 Å². The minimum atomic E-state index is 0.649. The van der Waals surface area contributed by atoms with Crippen LogP contribution in [0.1, 0.15) is 37.8 Å². The van der Waals surface area contributed by atoms with Crippen molar-refractivity contribution in [3.05, 3.63) is 29.6 Å². The van der Waals surface area contributed by atoms with Crippen LogP contribution in [0.15, 0.2) is 18.5 Å². The Labute approximate surface area is 112 Å². The molecule has 102 valence electrons. The zero-order valence-corrected chi connectivity index (χ0v) is 12.2. The second kappa shape index (κ2) is 8.22. The van der Waals surface area contributed by atoms with E-state index in [9.17, 15) is 0 Å². The third-order valence-electron chi connectivity index (χ3n) is 3.26. The highest BCUT2D eigenvalue weighted by Crippen LogP contribution is 2.01. The molecule has 0 unspecified atom stereocenters. The van der Waals surface area contributed by atoms with E-state index in [2.05, 4.69) is 49.1 Å². The zero-order chi connectivity index (χ0) is 13.4. The van der Waals surface area contributed by atoms with Crippen molar-refractivity contribution in [3.63, 3.8) is 0 Å².